The van der Waals surface area contributed by atoms with Crippen molar-refractivity contribution < 1.29 is 14.7 Å². The number of carbonyl (C=O) groups is 2. The third-order valence-corrected chi connectivity index (χ3v) is 3.52. The van der Waals surface area contributed by atoms with Crippen LogP contribution in [0.3, 0.4) is 0 Å². The Morgan fingerprint density at radius 3 is 2.79 bits per heavy atom. The number of rotatable bonds is 4. The van der Waals surface area contributed by atoms with Crippen LogP contribution in [-0.4, -0.2) is 27.2 Å². The van der Waals surface area contributed by atoms with Gasteiger partial charge in [-0.1, -0.05) is 6.92 Å². The second-order valence-corrected chi connectivity index (χ2v) is 5.06. The SMILES string of the molecule is CC1CC(C(=O)O)C(C(=O)NCc2cccnn2)C1. The highest BCUT2D eigenvalue weighted by atomic mass is 16.4. The number of carboxylic acids is 1. The van der Waals surface area contributed by atoms with Gasteiger partial charge in [-0.25, -0.2) is 0 Å². The summed E-state index contributed by atoms with van der Waals surface area (Å²) in [4.78, 5) is 23.2. The Kier molecular flexibility index (Phi) is 4.09. The highest BCUT2D eigenvalue weighted by Gasteiger charge is 2.40. The Morgan fingerprint density at radius 1 is 1.42 bits per heavy atom. The zero-order valence-corrected chi connectivity index (χ0v) is 10.7. The molecule has 3 unspecified atom stereocenters. The van der Waals surface area contributed by atoms with E-state index in [1.807, 2.05) is 6.92 Å². The summed E-state index contributed by atoms with van der Waals surface area (Å²) in [7, 11) is 0. The van der Waals surface area contributed by atoms with Crippen molar-refractivity contribution in [2.45, 2.75) is 26.3 Å². The summed E-state index contributed by atoms with van der Waals surface area (Å²) in [6, 6.07) is 3.51. The van der Waals surface area contributed by atoms with Gasteiger partial charge < -0.3 is 10.4 Å². The highest BCUT2D eigenvalue weighted by molar-refractivity contribution is 5.85. The molecule has 0 saturated heterocycles. The molecule has 0 spiro atoms. The molecular formula is C13H17N3O3. The lowest BCUT2D eigenvalue weighted by Crippen LogP contribution is -2.35. The lowest BCUT2D eigenvalue weighted by molar-refractivity contribution is -0.146. The first-order chi connectivity index (χ1) is 9.08. The van der Waals surface area contributed by atoms with Gasteiger partial charge in [-0.05, 0) is 30.9 Å². The van der Waals surface area contributed by atoms with Gasteiger partial charge >= 0.3 is 5.97 Å². The summed E-state index contributed by atoms with van der Waals surface area (Å²) in [5.41, 5.74) is 0.661. The van der Waals surface area contributed by atoms with Crippen LogP contribution >= 0.6 is 0 Å². The number of aromatic nitrogens is 2. The lowest BCUT2D eigenvalue weighted by Gasteiger charge is -2.15. The van der Waals surface area contributed by atoms with Crippen molar-refractivity contribution in [2.75, 3.05) is 0 Å². The Labute approximate surface area is 111 Å². The first kappa shape index (κ1) is 13.5. The van der Waals surface area contributed by atoms with Gasteiger partial charge in [0.2, 0.25) is 5.91 Å². The van der Waals surface area contributed by atoms with Gasteiger partial charge in [-0.15, -0.1) is 0 Å². The summed E-state index contributed by atoms with van der Waals surface area (Å²) < 4.78 is 0. The van der Waals surface area contributed by atoms with Gasteiger partial charge in [-0.2, -0.15) is 10.2 Å². The van der Waals surface area contributed by atoms with Crippen molar-refractivity contribution in [1.82, 2.24) is 15.5 Å². The molecule has 2 N–H and O–H groups in total. The topological polar surface area (TPSA) is 92.2 Å². The Hall–Kier alpha value is -1.98. The van der Waals surface area contributed by atoms with Gasteiger partial charge in [-0.3, -0.25) is 9.59 Å². The molecule has 6 nitrogen and oxygen atoms in total. The minimum Gasteiger partial charge on any atom is -0.481 e. The molecule has 0 bridgehead atoms. The van der Waals surface area contributed by atoms with Crippen LogP contribution in [0.15, 0.2) is 18.3 Å². The van der Waals surface area contributed by atoms with Crippen molar-refractivity contribution >= 4 is 11.9 Å². The number of amides is 1. The summed E-state index contributed by atoms with van der Waals surface area (Å²) in [6.45, 7) is 2.26. The molecule has 1 aliphatic carbocycles. The molecule has 1 fully saturated rings. The van der Waals surface area contributed by atoms with E-state index in [0.29, 0.717) is 18.5 Å². The first-order valence-corrected chi connectivity index (χ1v) is 6.35. The molecular weight excluding hydrogens is 246 g/mol. The van der Waals surface area contributed by atoms with Crippen LogP contribution in [0, 0.1) is 17.8 Å². The number of carboxylic acid groups (broad SMARTS) is 1. The largest absolute Gasteiger partial charge is 0.481 e. The summed E-state index contributed by atoms with van der Waals surface area (Å²) in [5.74, 6) is -1.83. The van der Waals surface area contributed by atoms with Gasteiger partial charge in [0.1, 0.15) is 0 Å². The smallest absolute Gasteiger partial charge is 0.307 e. The number of hydrogen-bond donors (Lipinski definition) is 2. The molecule has 0 radical (unpaired) electrons. The normalized spacial score (nSPS) is 26.1. The van der Waals surface area contributed by atoms with E-state index < -0.39 is 17.8 Å². The molecule has 102 valence electrons. The fourth-order valence-electron chi connectivity index (χ4n) is 2.59. The Bertz CT molecular complexity index is 463. The predicted molar refractivity (Wildman–Crippen MR) is 66.9 cm³/mol. The minimum atomic E-state index is -0.885. The second kappa shape index (κ2) is 5.77. The third kappa shape index (κ3) is 3.27. The van der Waals surface area contributed by atoms with E-state index in [2.05, 4.69) is 15.5 Å². The van der Waals surface area contributed by atoms with E-state index in [0.717, 1.165) is 0 Å². The molecule has 1 aromatic heterocycles. The average Bonchev–Trinajstić information content (AvgIpc) is 2.79. The maximum atomic E-state index is 12.1. The van der Waals surface area contributed by atoms with Gasteiger partial charge in [0.25, 0.3) is 0 Å². The zero-order valence-electron chi connectivity index (χ0n) is 10.7. The molecule has 3 atom stereocenters. The number of aliphatic carboxylic acids is 1. The van der Waals surface area contributed by atoms with E-state index in [9.17, 15) is 9.59 Å². The van der Waals surface area contributed by atoms with Crippen LogP contribution in [0.5, 0.6) is 0 Å². The van der Waals surface area contributed by atoms with Crippen molar-refractivity contribution in [3.05, 3.63) is 24.0 Å². The number of hydrogen-bond acceptors (Lipinski definition) is 4. The minimum absolute atomic E-state index is 0.206. The van der Waals surface area contributed by atoms with E-state index in [4.69, 9.17) is 5.11 Å². The molecule has 1 saturated carbocycles. The van der Waals surface area contributed by atoms with E-state index >= 15 is 0 Å². The van der Waals surface area contributed by atoms with Crippen LogP contribution in [0.4, 0.5) is 0 Å². The summed E-state index contributed by atoms with van der Waals surface area (Å²) in [5, 5.41) is 19.5. The van der Waals surface area contributed by atoms with Crippen molar-refractivity contribution in [3.63, 3.8) is 0 Å². The zero-order chi connectivity index (χ0) is 13.8. The van der Waals surface area contributed by atoms with Crippen LogP contribution < -0.4 is 5.32 Å². The monoisotopic (exact) mass is 263 g/mol. The molecule has 1 aromatic rings. The van der Waals surface area contributed by atoms with Crippen molar-refractivity contribution in [1.29, 1.82) is 0 Å². The third-order valence-electron chi connectivity index (χ3n) is 3.52. The summed E-state index contributed by atoms with van der Waals surface area (Å²) >= 11 is 0. The van der Waals surface area contributed by atoms with Crippen LogP contribution in [0.2, 0.25) is 0 Å². The molecule has 1 aliphatic rings. The molecule has 6 heteroatoms. The number of nitrogens with one attached hydrogen (secondary N) is 1. The highest BCUT2D eigenvalue weighted by Crippen LogP contribution is 2.36. The van der Waals surface area contributed by atoms with Crippen LogP contribution in [0.1, 0.15) is 25.5 Å². The van der Waals surface area contributed by atoms with E-state index in [1.54, 1.807) is 18.3 Å². The van der Waals surface area contributed by atoms with E-state index in [-0.39, 0.29) is 18.4 Å². The van der Waals surface area contributed by atoms with Gasteiger partial charge in [0.05, 0.1) is 24.1 Å². The second-order valence-electron chi connectivity index (χ2n) is 5.06. The molecule has 1 heterocycles. The fourth-order valence-corrected chi connectivity index (χ4v) is 2.59. The van der Waals surface area contributed by atoms with Crippen LogP contribution in [-0.2, 0) is 16.1 Å². The van der Waals surface area contributed by atoms with Crippen LogP contribution in [0.25, 0.3) is 0 Å². The standard InChI is InChI=1S/C13H17N3O3/c1-8-5-10(11(6-8)13(18)19)12(17)14-7-9-3-2-4-15-16-9/h2-4,8,10-11H,5-7H2,1H3,(H,14,17)(H,18,19). The predicted octanol–water partition coefficient (Wildman–Crippen LogP) is 0.840. The first-order valence-electron chi connectivity index (χ1n) is 6.35. The average molecular weight is 263 g/mol. The maximum absolute atomic E-state index is 12.1. The van der Waals surface area contributed by atoms with E-state index in [1.165, 1.54) is 0 Å². The summed E-state index contributed by atoms with van der Waals surface area (Å²) in [6.07, 6.45) is 2.76. The Balaban J connectivity index is 1.94. The van der Waals surface area contributed by atoms with Crippen molar-refractivity contribution in [2.24, 2.45) is 17.8 Å². The maximum Gasteiger partial charge on any atom is 0.307 e. The quantitative estimate of drug-likeness (QED) is 0.839. The lowest BCUT2D eigenvalue weighted by atomic mass is 9.95. The molecule has 1 amide bonds. The van der Waals surface area contributed by atoms with Gasteiger partial charge in [0, 0.05) is 6.20 Å². The van der Waals surface area contributed by atoms with Crippen molar-refractivity contribution in [3.8, 4) is 0 Å². The fraction of sp³-hybridized carbons (Fsp3) is 0.538. The molecule has 19 heavy (non-hydrogen) atoms. The molecule has 0 aromatic carbocycles. The van der Waals surface area contributed by atoms with Gasteiger partial charge in [0.15, 0.2) is 0 Å². The number of nitrogens with zero attached hydrogens (tertiary/aromatic N) is 2. The number of carbonyl (C=O) groups excluding carboxylic acids is 1. The molecule has 0 aliphatic heterocycles. The molecule has 2 rings (SSSR count). The Morgan fingerprint density at radius 2 is 2.16 bits per heavy atom.